The number of nitrogens with one attached hydrogen (secondary N) is 1. The van der Waals surface area contributed by atoms with Crippen LogP contribution in [0.25, 0.3) is 0 Å². The van der Waals surface area contributed by atoms with Gasteiger partial charge in [-0.1, -0.05) is 6.07 Å². The molecular formula is C17H27FN2O. The number of hydrogen-bond acceptors (Lipinski definition) is 3. The van der Waals surface area contributed by atoms with E-state index in [0.29, 0.717) is 12.5 Å². The van der Waals surface area contributed by atoms with Crippen molar-refractivity contribution in [3.05, 3.63) is 29.6 Å². The Hall–Kier alpha value is -1.13. The molecule has 0 heterocycles. The number of rotatable bonds is 5. The molecule has 1 aliphatic carbocycles. The third-order valence-electron chi connectivity index (χ3n) is 4.04. The van der Waals surface area contributed by atoms with Gasteiger partial charge in [-0.3, -0.25) is 0 Å². The van der Waals surface area contributed by atoms with Crippen molar-refractivity contribution in [3.63, 3.8) is 0 Å². The maximum absolute atomic E-state index is 14.2. The lowest BCUT2D eigenvalue weighted by atomic mass is 9.82. The van der Waals surface area contributed by atoms with Gasteiger partial charge in [-0.25, -0.2) is 4.39 Å². The van der Waals surface area contributed by atoms with Crippen LogP contribution in [0.2, 0.25) is 0 Å². The second-order valence-corrected chi connectivity index (χ2v) is 7.21. The number of benzene rings is 1. The number of hydrogen-bond donors (Lipinski definition) is 2. The Morgan fingerprint density at radius 1 is 1.33 bits per heavy atom. The Labute approximate surface area is 127 Å². The van der Waals surface area contributed by atoms with Crippen molar-refractivity contribution in [1.82, 2.24) is 5.32 Å². The van der Waals surface area contributed by atoms with Crippen molar-refractivity contribution < 1.29 is 9.50 Å². The van der Waals surface area contributed by atoms with E-state index in [2.05, 4.69) is 31.0 Å². The van der Waals surface area contributed by atoms with Crippen molar-refractivity contribution in [2.24, 2.45) is 5.92 Å². The fraction of sp³-hybridized carbons (Fsp3) is 0.647. The third-order valence-corrected chi connectivity index (χ3v) is 4.04. The first-order chi connectivity index (χ1) is 9.76. The molecule has 0 bridgehead atoms. The number of nitrogens with zero attached hydrogens (tertiary/aromatic N) is 1. The van der Waals surface area contributed by atoms with Crippen LogP contribution in [-0.4, -0.2) is 30.3 Å². The monoisotopic (exact) mass is 294 g/mol. The standard InChI is InChI=1S/C17H27FN2O/c1-17(2,3)19-10-14-15(18)6-5-7-16(14)20(4)11-12-8-13(21)9-12/h5-7,12-13,19,21H,8-11H2,1-4H3. The first kappa shape index (κ1) is 16.2. The van der Waals surface area contributed by atoms with Crippen LogP contribution in [0, 0.1) is 11.7 Å². The van der Waals surface area contributed by atoms with Crippen molar-refractivity contribution in [1.29, 1.82) is 0 Å². The first-order valence-electron chi connectivity index (χ1n) is 7.68. The molecule has 0 spiro atoms. The lowest BCUT2D eigenvalue weighted by Crippen LogP contribution is -2.38. The molecule has 0 saturated heterocycles. The Morgan fingerprint density at radius 2 is 2.00 bits per heavy atom. The molecule has 0 aliphatic heterocycles. The van der Waals surface area contributed by atoms with Crippen molar-refractivity contribution >= 4 is 5.69 Å². The van der Waals surface area contributed by atoms with E-state index in [9.17, 15) is 9.50 Å². The topological polar surface area (TPSA) is 35.5 Å². The molecule has 1 aromatic rings. The minimum Gasteiger partial charge on any atom is -0.393 e. The number of anilines is 1. The van der Waals surface area contributed by atoms with Crippen LogP contribution in [0.4, 0.5) is 10.1 Å². The number of aliphatic hydroxyl groups is 1. The molecule has 1 fully saturated rings. The van der Waals surface area contributed by atoms with E-state index in [-0.39, 0.29) is 17.5 Å². The molecule has 118 valence electrons. The predicted molar refractivity (Wildman–Crippen MR) is 85.0 cm³/mol. The van der Waals surface area contributed by atoms with Crippen molar-refractivity contribution in [3.8, 4) is 0 Å². The minimum absolute atomic E-state index is 0.0454. The van der Waals surface area contributed by atoms with E-state index in [1.807, 2.05) is 13.1 Å². The van der Waals surface area contributed by atoms with Crippen LogP contribution < -0.4 is 10.2 Å². The van der Waals surface area contributed by atoms with E-state index >= 15 is 0 Å². The van der Waals surface area contributed by atoms with E-state index in [1.54, 1.807) is 6.07 Å². The van der Waals surface area contributed by atoms with Crippen molar-refractivity contribution in [2.45, 2.75) is 51.8 Å². The highest BCUT2D eigenvalue weighted by Crippen LogP contribution is 2.30. The smallest absolute Gasteiger partial charge is 0.129 e. The van der Waals surface area contributed by atoms with Gasteiger partial charge in [-0.05, 0) is 51.7 Å². The Morgan fingerprint density at radius 3 is 2.57 bits per heavy atom. The normalized spacial score (nSPS) is 22.0. The molecule has 0 aromatic heterocycles. The molecule has 0 amide bonds. The maximum Gasteiger partial charge on any atom is 0.129 e. The Balaban J connectivity index is 2.08. The molecule has 0 atom stereocenters. The number of aliphatic hydroxyl groups excluding tert-OH is 1. The minimum atomic E-state index is -0.162. The molecule has 21 heavy (non-hydrogen) atoms. The summed E-state index contributed by atoms with van der Waals surface area (Å²) in [6.45, 7) is 7.61. The van der Waals surface area contributed by atoms with E-state index in [1.165, 1.54) is 6.07 Å². The van der Waals surface area contributed by atoms with E-state index in [4.69, 9.17) is 0 Å². The summed E-state index contributed by atoms with van der Waals surface area (Å²) in [7, 11) is 2.00. The third kappa shape index (κ3) is 4.42. The zero-order valence-corrected chi connectivity index (χ0v) is 13.5. The summed E-state index contributed by atoms with van der Waals surface area (Å²) in [5, 5.41) is 12.7. The fourth-order valence-corrected chi connectivity index (χ4v) is 2.77. The Kier molecular flexibility index (Phi) is 4.89. The lowest BCUT2D eigenvalue weighted by molar-refractivity contribution is 0.0464. The second-order valence-electron chi connectivity index (χ2n) is 7.21. The van der Waals surface area contributed by atoms with Gasteiger partial charge < -0.3 is 15.3 Å². The highest BCUT2D eigenvalue weighted by molar-refractivity contribution is 5.53. The predicted octanol–water partition coefficient (Wildman–Crippen LogP) is 2.92. The molecule has 4 heteroatoms. The van der Waals surface area contributed by atoms with Crippen LogP contribution in [0.3, 0.4) is 0 Å². The summed E-state index contributed by atoms with van der Waals surface area (Å²) in [5.41, 5.74) is 1.61. The average molecular weight is 294 g/mol. The van der Waals surface area contributed by atoms with Gasteiger partial charge in [0.05, 0.1) is 6.10 Å². The number of halogens is 1. The summed E-state index contributed by atoms with van der Waals surface area (Å²) in [6.07, 6.45) is 1.57. The highest BCUT2D eigenvalue weighted by atomic mass is 19.1. The van der Waals surface area contributed by atoms with Crippen LogP contribution in [0.5, 0.6) is 0 Å². The summed E-state index contributed by atoms with van der Waals surface area (Å²) >= 11 is 0. The molecule has 0 unspecified atom stereocenters. The van der Waals surface area contributed by atoms with Crippen LogP contribution in [0.15, 0.2) is 18.2 Å². The molecule has 3 nitrogen and oxygen atoms in total. The molecule has 1 aromatic carbocycles. The molecule has 1 saturated carbocycles. The van der Waals surface area contributed by atoms with Crippen LogP contribution in [0.1, 0.15) is 39.2 Å². The Bertz CT molecular complexity index is 478. The van der Waals surface area contributed by atoms with Crippen LogP contribution in [-0.2, 0) is 6.54 Å². The summed E-state index contributed by atoms with van der Waals surface area (Å²) in [6, 6.07) is 5.25. The average Bonchev–Trinajstić information content (AvgIpc) is 2.34. The van der Waals surface area contributed by atoms with Crippen LogP contribution >= 0.6 is 0 Å². The van der Waals surface area contributed by atoms with E-state index < -0.39 is 0 Å². The van der Waals surface area contributed by atoms with Gasteiger partial charge in [0.2, 0.25) is 0 Å². The summed E-state index contributed by atoms with van der Waals surface area (Å²) < 4.78 is 14.2. The van der Waals surface area contributed by atoms with Gasteiger partial charge in [0.25, 0.3) is 0 Å². The molecule has 2 N–H and O–H groups in total. The molecule has 1 aliphatic rings. The maximum atomic E-state index is 14.2. The molecule has 2 rings (SSSR count). The van der Waals surface area contributed by atoms with Gasteiger partial charge in [0.15, 0.2) is 0 Å². The van der Waals surface area contributed by atoms with Gasteiger partial charge in [0, 0.05) is 36.9 Å². The zero-order chi connectivity index (χ0) is 15.6. The second kappa shape index (κ2) is 6.32. The van der Waals surface area contributed by atoms with Gasteiger partial charge in [-0.15, -0.1) is 0 Å². The highest BCUT2D eigenvalue weighted by Gasteiger charge is 2.28. The molecule has 0 radical (unpaired) electrons. The quantitative estimate of drug-likeness (QED) is 0.876. The largest absolute Gasteiger partial charge is 0.393 e. The SMILES string of the molecule is CN(CC1CC(O)C1)c1cccc(F)c1CNC(C)(C)C. The van der Waals surface area contributed by atoms with E-state index in [0.717, 1.165) is 30.6 Å². The zero-order valence-electron chi connectivity index (χ0n) is 13.5. The first-order valence-corrected chi connectivity index (χ1v) is 7.68. The van der Waals surface area contributed by atoms with Gasteiger partial charge in [0.1, 0.15) is 5.82 Å². The molecular weight excluding hydrogens is 267 g/mol. The summed E-state index contributed by atoms with van der Waals surface area (Å²) in [4.78, 5) is 2.11. The lowest BCUT2D eigenvalue weighted by Gasteiger charge is -2.36. The van der Waals surface area contributed by atoms with Gasteiger partial charge in [-0.2, -0.15) is 0 Å². The van der Waals surface area contributed by atoms with Crippen molar-refractivity contribution in [2.75, 3.05) is 18.5 Å². The summed E-state index contributed by atoms with van der Waals surface area (Å²) in [5.74, 6) is 0.349. The van der Waals surface area contributed by atoms with Gasteiger partial charge >= 0.3 is 0 Å². The fourth-order valence-electron chi connectivity index (χ4n) is 2.77.